The van der Waals surface area contributed by atoms with Gasteiger partial charge in [0.15, 0.2) is 5.69 Å². The number of halogens is 2. The summed E-state index contributed by atoms with van der Waals surface area (Å²) in [6.45, 7) is -1.19. The zero-order valence-electron chi connectivity index (χ0n) is 10.3. The van der Waals surface area contributed by atoms with Gasteiger partial charge in [-0.15, -0.1) is 0 Å². The third-order valence-electron chi connectivity index (χ3n) is 3.56. The molecule has 1 aliphatic carbocycles. The summed E-state index contributed by atoms with van der Waals surface area (Å²) in [5.74, 6) is 0.252. The Balaban J connectivity index is 1.68. The summed E-state index contributed by atoms with van der Waals surface area (Å²) in [5.41, 5.74) is 0.0664. The molecule has 0 radical (unpaired) electrons. The van der Waals surface area contributed by atoms with Gasteiger partial charge in [0.1, 0.15) is 0 Å². The molecule has 0 N–H and O–H groups in total. The summed E-state index contributed by atoms with van der Waals surface area (Å²) < 4.78 is 30.9. The van der Waals surface area contributed by atoms with Crippen molar-refractivity contribution in [2.75, 3.05) is 19.7 Å². The van der Waals surface area contributed by atoms with Crippen LogP contribution in [0.2, 0.25) is 0 Å². The Morgan fingerprint density at radius 3 is 2.89 bits per heavy atom. The summed E-state index contributed by atoms with van der Waals surface area (Å²) in [6.07, 6.45) is 3.51. The lowest BCUT2D eigenvalue weighted by Gasteiger charge is -2.32. The number of carbonyl (C=O) groups is 1. The van der Waals surface area contributed by atoms with Crippen molar-refractivity contribution in [3.05, 3.63) is 18.0 Å². The number of ether oxygens (including phenoxy) is 1. The van der Waals surface area contributed by atoms with Gasteiger partial charge in [0, 0.05) is 19.3 Å². The number of nitrogens with zero attached hydrogens (tertiary/aromatic N) is 3. The van der Waals surface area contributed by atoms with E-state index in [1.54, 1.807) is 4.90 Å². The molecule has 2 aliphatic rings. The molecule has 1 saturated carbocycles. The van der Waals surface area contributed by atoms with E-state index in [2.05, 4.69) is 5.10 Å². The first-order valence-corrected chi connectivity index (χ1v) is 6.39. The molecule has 2 heterocycles. The summed E-state index contributed by atoms with van der Waals surface area (Å²) >= 11 is 0. The van der Waals surface area contributed by atoms with E-state index in [1.807, 2.05) is 0 Å². The molecule has 1 atom stereocenters. The van der Waals surface area contributed by atoms with E-state index in [1.165, 1.54) is 6.07 Å². The van der Waals surface area contributed by atoms with E-state index in [-0.39, 0.29) is 17.7 Å². The molecule has 104 valence electrons. The molecule has 0 spiro atoms. The SMILES string of the molecule is O=C(c1ccn(C(F)F)n1)N1CCO[C@@H](C2CC2)C1. The van der Waals surface area contributed by atoms with Gasteiger partial charge >= 0.3 is 6.55 Å². The van der Waals surface area contributed by atoms with Crippen molar-refractivity contribution in [1.82, 2.24) is 14.7 Å². The van der Waals surface area contributed by atoms with E-state index in [9.17, 15) is 13.6 Å². The predicted molar refractivity (Wildman–Crippen MR) is 61.8 cm³/mol. The van der Waals surface area contributed by atoms with Gasteiger partial charge in [-0.1, -0.05) is 0 Å². The van der Waals surface area contributed by atoms with Crippen LogP contribution in [0.5, 0.6) is 0 Å². The monoisotopic (exact) mass is 271 g/mol. The van der Waals surface area contributed by atoms with Crippen molar-refractivity contribution in [3.63, 3.8) is 0 Å². The van der Waals surface area contributed by atoms with Crippen molar-refractivity contribution in [1.29, 1.82) is 0 Å². The second-order valence-electron chi connectivity index (χ2n) is 4.96. The van der Waals surface area contributed by atoms with Crippen LogP contribution < -0.4 is 0 Å². The second-order valence-corrected chi connectivity index (χ2v) is 4.96. The Kier molecular flexibility index (Phi) is 3.22. The Labute approximate surface area is 109 Å². The van der Waals surface area contributed by atoms with Crippen molar-refractivity contribution in [3.8, 4) is 0 Å². The maximum Gasteiger partial charge on any atom is 0.333 e. The highest BCUT2D eigenvalue weighted by Crippen LogP contribution is 2.35. The molecule has 0 bridgehead atoms. The highest BCUT2D eigenvalue weighted by atomic mass is 19.3. The van der Waals surface area contributed by atoms with Crippen LogP contribution in [0.25, 0.3) is 0 Å². The van der Waals surface area contributed by atoms with Crippen LogP contribution >= 0.6 is 0 Å². The molecule has 7 heteroatoms. The molecule has 1 aromatic heterocycles. The van der Waals surface area contributed by atoms with E-state index in [0.29, 0.717) is 30.3 Å². The largest absolute Gasteiger partial charge is 0.374 e. The summed E-state index contributed by atoms with van der Waals surface area (Å²) in [5, 5.41) is 3.61. The first kappa shape index (κ1) is 12.5. The van der Waals surface area contributed by atoms with Crippen molar-refractivity contribution >= 4 is 5.91 Å². The summed E-state index contributed by atoms with van der Waals surface area (Å²) in [4.78, 5) is 13.8. The molecular formula is C12H15F2N3O2. The van der Waals surface area contributed by atoms with E-state index in [4.69, 9.17) is 4.74 Å². The fourth-order valence-corrected chi connectivity index (χ4v) is 2.34. The Morgan fingerprint density at radius 2 is 2.26 bits per heavy atom. The smallest absolute Gasteiger partial charge is 0.333 e. The van der Waals surface area contributed by atoms with Crippen LogP contribution in [-0.4, -0.2) is 46.4 Å². The number of morpholine rings is 1. The first-order valence-electron chi connectivity index (χ1n) is 6.39. The zero-order valence-corrected chi connectivity index (χ0v) is 10.3. The number of amides is 1. The minimum atomic E-state index is -2.72. The molecule has 19 heavy (non-hydrogen) atoms. The molecule has 1 amide bonds. The van der Waals surface area contributed by atoms with E-state index in [0.717, 1.165) is 19.0 Å². The van der Waals surface area contributed by atoms with Crippen LogP contribution in [0.4, 0.5) is 8.78 Å². The highest BCUT2D eigenvalue weighted by molar-refractivity contribution is 5.92. The Hall–Kier alpha value is -1.50. The van der Waals surface area contributed by atoms with Crippen LogP contribution in [0, 0.1) is 5.92 Å². The first-order chi connectivity index (χ1) is 9.15. The maximum absolute atomic E-state index is 12.4. The number of alkyl halides is 2. The van der Waals surface area contributed by atoms with Crippen LogP contribution in [0.15, 0.2) is 12.3 Å². The van der Waals surface area contributed by atoms with Gasteiger partial charge in [0.05, 0.1) is 12.7 Å². The molecule has 1 saturated heterocycles. The van der Waals surface area contributed by atoms with Gasteiger partial charge in [0.25, 0.3) is 5.91 Å². The predicted octanol–water partition coefficient (Wildman–Crippen LogP) is 1.53. The number of rotatable bonds is 3. The molecule has 0 unspecified atom stereocenters. The van der Waals surface area contributed by atoms with Gasteiger partial charge in [-0.2, -0.15) is 13.9 Å². The number of hydrogen-bond acceptors (Lipinski definition) is 3. The fraction of sp³-hybridized carbons (Fsp3) is 0.667. The average molecular weight is 271 g/mol. The number of aromatic nitrogens is 2. The lowest BCUT2D eigenvalue weighted by Crippen LogP contribution is -2.46. The zero-order chi connectivity index (χ0) is 13.4. The van der Waals surface area contributed by atoms with Crippen molar-refractivity contribution < 1.29 is 18.3 Å². The minimum absolute atomic E-state index is 0.0664. The Bertz CT molecular complexity index is 473. The average Bonchev–Trinajstić information content (AvgIpc) is 3.15. The molecular weight excluding hydrogens is 256 g/mol. The third-order valence-corrected chi connectivity index (χ3v) is 3.56. The van der Waals surface area contributed by atoms with Gasteiger partial charge in [-0.05, 0) is 24.8 Å². The second kappa shape index (κ2) is 4.88. The third kappa shape index (κ3) is 2.60. The van der Waals surface area contributed by atoms with Gasteiger partial charge in [-0.25, -0.2) is 4.68 Å². The van der Waals surface area contributed by atoms with Crippen molar-refractivity contribution in [2.45, 2.75) is 25.5 Å². The standard InChI is InChI=1S/C12H15F2N3O2/c13-12(14)17-4-3-9(15-17)11(18)16-5-6-19-10(7-16)8-1-2-8/h3-4,8,10,12H,1-2,5-7H2/t10-/m1/s1. The van der Waals surface area contributed by atoms with Gasteiger partial charge in [-0.3, -0.25) is 4.79 Å². The lowest BCUT2D eigenvalue weighted by molar-refractivity contribution is -0.0316. The maximum atomic E-state index is 12.4. The quantitative estimate of drug-likeness (QED) is 0.837. The Morgan fingerprint density at radius 1 is 1.47 bits per heavy atom. The number of carbonyl (C=O) groups excluding carboxylic acids is 1. The van der Waals surface area contributed by atoms with E-state index < -0.39 is 6.55 Å². The molecule has 2 fully saturated rings. The molecule has 1 aromatic rings. The van der Waals surface area contributed by atoms with Gasteiger partial charge < -0.3 is 9.64 Å². The summed E-state index contributed by atoms with van der Waals surface area (Å²) in [7, 11) is 0. The van der Waals surface area contributed by atoms with Crippen LogP contribution in [0.1, 0.15) is 29.9 Å². The topological polar surface area (TPSA) is 47.4 Å². The van der Waals surface area contributed by atoms with Crippen LogP contribution in [0.3, 0.4) is 0 Å². The van der Waals surface area contributed by atoms with Crippen LogP contribution in [-0.2, 0) is 4.74 Å². The normalized spacial score (nSPS) is 23.9. The lowest BCUT2D eigenvalue weighted by atomic mass is 10.2. The highest BCUT2D eigenvalue weighted by Gasteiger charge is 2.36. The number of hydrogen-bond donors (Lipinski definition) is 0. The fourth-order valence-electron chi connectivity index (χ4n) is 2.34. The molecule has 0 aromatic carbocycles. The van der Waals surface area contributed by atoms with E-state index >= 15 is 0 Å². The molecule has 3 rings (SSSR count). The summed E-state index contributed by atoms with van der Waals surface area (Å²) in [6, 6.07) is 1.33. The molecule has 5 nitrogen and oxygen atoms in total. The molecule has 1 aliphatic heterocycles. The minimum Gasteiger partial charge on any atom is -0.374 e. The van der Waals surface area contributed by atoms with Gasteiger partial charge in [0.2, 0.25) is 0 Å². The van der Waals surface area contributed by atoms with Crippen molar-refractivity contribution in [2.24, 2.45) is 5.92 Å².